The zero-order valence-electron chi connectivity index (χ0n) is 13.5. The van der Waals surface area contributed by atoms with Gasteiger partial charge in [0.2, 0.25) is 0 Å². The van der Waals surface area contributed by atoms with Crippen LogP contribution >= 0.6 is 0 Å². The average Bonchev–Trinajstić information content (AvgIpc) is 2.46. The van der Waals surface area contributed by atoms with Crippen molar-refractivity contribution in [1.82, 2.24) is 9.80 Å². The van der Waals surface area contributed by atoms with Crippen LogP contribution < -0.4 is 0 Å². The summed E-state index contributed by atoms with van der Waals surface area (Å²) in [5.74, 6) is -0.731. The van der Waals surface area contributed by atoms with Crippen LogP contribution in [0.2, 0.25) is 0 Å². The number of carbonyl (C=O) groups is 1. The molecule has 1 fully saturated rings. The lowest BCUT2D eigenvalue weighted by Gasteiger charge is -2.40. The van der Waals surface area contributed by atoms with Crippen LogP contribution in [0.4, 0.5) is 0 Å². The summed E-state index contributed by atoms with van der Waals surface area (Å²) in [5.41, 5.74) is 4.01. The van der Waals surface area contributed by atoms with Gasteiger partial charge in [0, 0.05) is 32.2 Å². The topological polar surface area (TPSA) is 43.8 Å². The van der Waals surface area contributed by atoms with Crippen LogP contribution in [0.15, 0.2) is 18.2 Å². The predicted molar refractivity (Wildman–Crippen MR) is 84.6 cm³/mol. The Bertz CT molecular complexity index is 508. The molecule has 0 bridgehead atoms. The zero-order chi connectivity index (χ0) is 15.6. The smallest absolute Gasteiger partial charge is 0.320 e. The standard InChI is InChI=1S/C17H26N2O2/c1-12-5-6-16(13(2)11-12)14(3)18-7-9-19(10-8-18)15(4)17(20)21/h5-6,11,14-15H,7-10H2,1-4H3,(H,20,21). The van der Waals surface area contributed by atoms with Gasteiger partial charge in [-0.05, 0) is 38.8 Å². The van der Waals surface area contributed by atoms with Crippen molar-refractivity contribution in [3.05, 3.63) is 34.9 Å². The third-order valence-electron chi connectivity index (χ3n) is 4.68. The molecule has 4 heteroatoms. The summed E-state index contributed by atoms with van der Waals surface area (Å²) in [4.78, 5) is 15.6. The second kappa shape index (κ2) is 6.58. The summed E-state index contributed by atoms with van der Waals surface area (Å²) in [6.07, 6.45) is 0. The molecule has 1 N–H and O–H groups in total. The van der Waals surface area contributed by atoms with Crippen LogP contribution in [0.1, 0.15) is 36.6 Å². The van der Waals surface area contributed by atoms with Gasteiger partial charge in [-0.1, -0.05) is 23.8 Å². The van der Waals surface area contributed by atoms with E-state index in [1.54, 1.807) is 6.92 Å². The highest BCUT2D eigenvalue weighted by Gasteiger charge is 2.27. The van der Waals surface area contributed by atoms with Gasteiger partial charge in [0.1, 0.15) is 6.04 Å². The van der Waals surface area contributed by atoms with E-state index in [4.69, 9.17) is 5.11 Å². The summed E-state index contributed by atoms with van der Waals surface area (Å²) in [7, 11) is 0. The molecule has 0 amide bonds. The quantitative estimate of drug-likeness (QED) is 0.925. The molecule has 0 spiro atoms. The summed E-state index contributed by atoms with van der Waals surface area (Å²) >= 11 is 0. The Kier molecular flexibility index (Phi) is 5.01. The molecule has 116 valence electrons. The Balaban J connectivity index is 2.00. The van der Waals surface area contributed by atoms with Crippen molar-refractivity contribution >= 4 is 5.97 Å². The lowest BCUT2D eigenvalue weighted by Crippen LogP contribution is -2.52. The first kappa shape index (κ1) is 16.0. The molecule has 1 aliphatic rings. The lowest BCUT2D eigenvalue weighted by molar-refractivity contribution is -0.143. The van der Waals surface area contributed by atoms with Gasteiger partial charge in [-0.2, -0.15) is 0 Å². The number of hydrogen-bond donors (Lipinski definition) is 1. The van der Waals surface area contributed by atoms with Crippen molar-refractivity contribution in [3.8, 4) is 0 Å². The molecule has 1 heterocycles. The van der Waals surface area contributed by atoms with Crippen molar-refractivity contribution in [1.29, 1.82) is 0 Å². The number of nitrogens with zero attached hydrogens (tertiary/aromatic N) is 2. The molecule has 1 aromatic carbocycles. The number of aryl methyl sites for hydroxylation is 2. The molecule has 0 saturated carbocycles. The van der Waals surface area contributed by atoms with Crippen LogP contribution in [0.5, 0.6) is 0 Å². The molecule has 0 aromatic heterocycles. The van der Waals surface area contributed by atoms with E-state index in [0.717, 1.165) is 26.2 Å². The number of carboxylic acid groups (broad SMARTS) is 1. The maximum absolute atomic E-state index is 11.1. The molecule has 2 atom stereocenters. The van der Waals surface area contributed by atoms with E-state index < -0.39 is 5.97 Å². The van der Waals surface area contributed by atoms with E-state index >= 15 is 0 Å². The van der Waals surface area contributed by atoms with Crippen molar-refractivity contribution in [2.75, 3.05) is 26.2 Å². The molecule has 21 heavy (non-hydrogen) atoms. The zero-order valence-corrected chi connectivity index (χ0v) is 13.5. The van der Waals surface area contributed by atoms with Gasteiger partial charge in [-0.25, -0.2) is 0 Å². The highest BCUT2D eigenvalue weighted by atomic mass is 16.4. The molecule has 4 nitrogen and oxygen atoms in total. The van der Waals surface area contributed by atoms with Gasteiger partial charge in [-0.3, -0.25) is 14.6 Å². The number of hydrogen-bond acceptors (Lipinski definition) is 3. The molecule has 0 radical (unpaired) electrons. The fourth-order valence-electron chi connectivity index (χ4n) is 3.16. The summed E-state index contributed by atoms with van der Waals surface area (Å²) < 4.78 is 0. The van der Waals surface area contributed by atoms with Crippen molar-refractivity contribution in [3.63, 3.8) is 0 Å². The minimum atomic E-state index is -0.731. The molecule has 1 saturated heterocycles. The normalized spacial score (nSPS) is 20.2. The third kappa shape index (κ3) is 3.63. The van der Waals surface area contributed by atoms with Gasteiger partial charge in [0.15, 0.2) is 0 Å². The highest BCUT2D eigenvalue weighted by molar-refractivity contribution is 5.72. The van der Waals surface area contributed by atoms with E-state index in [9.17, 15) is 4.79 Å². The maximum atomic E-state index is 11.1. The molecular weight excluding hydrogens is 264 g/mol. The number of benzene rings is 1. The van der Waals surface area contributed by atoms with Crippen LogP contribution in [-0.4, -0.2) is 53.1 Å². The Labute approximate surface area is 127 Å². The SMILES string of the molecule is Cc1ccc(C(C)N2CCN(C(C)C(=O)O)CC2)c(C)c1. The first-order valence-electron chi connectivity index (χ1n) is 7.68. The molecule has 0 aliphatic carbocycles. The van der Waals surface area contributed by atoms with Gasteiger partial charge in [0.05, 0.1) is 0 Å². The fourth-order valence-corrected chi connectivity index (χ4v) is 3.16. The van der Waals surface area contributed by atoms with E-state index in [2.05, 4.69) is 43.9 Å². The second-order valence-corrected chi connectivity index (χ2v) is 6.12. The van der Waals surface area contributed by atoms with Crippen LogP contribution in [-0.2, 0) is 4.79 Å². The van der Waals surface area contributed by atoms with Crippen LogP contribution in [0, 0.1) is 13.8 Å². The van der Waals surface area contributed by atoms with Crippen molar-refractivity contribution in [2.24, 2.45) is 0 Å². The Hall–Kier alpha value is -1.39. The van der Waals surface area contributed by atoms with Crippen molar-refractivity contribution in [2.45, 2.75) is 39.8 Å². The van der Waals surface area contributed by atoms with Crippen molar-refractivity contribution < 1.29 is 9.90 Å². The maximum Gasteiger partial charge on any atom is 0.320 e. The lowest BCUT2D eigenvalue weighted by atomic mass is 9.98. The largest absolute Gasteiger partial charge is 0.480 e. The fraction of sp³-hybridized carbons (Fsp3) is 0.588. The third-order valence-corrected chi connectivity index (χ3v) is 4.68. The Morgan fingerprint density at radius 1 is 1.10 bits per heavy atom. The minimum absolute atomic E-state index is 0.382. The number of carboxylic acids is 1. The molecule has 1 aromatic rings. The van der Waals surface area contributed by atoms with Crippen LogP contribution in [0.3, 0.4) is 0 Å². The number of rotatable bonds is 4. The summed E-state index contributed by atoms with van der Waals surface area (Å²) in [6, 6.07) is 6.62. The average molecular weight is 290 g/mol. The summed E-state index contributed by atoms with van der Waals surface area (Å²) in [6.45, 7) is 11.8. The molecular formula is C17H26N2O2. The molecule has 2 unspecified atom stereocenters. The van der Waals surface area contributed by atoms with Gasteiger partial charge >= 0.3 is 5.97 Å². The minimum Gasteiger partial charge on any atom is -0.480 e. The Morgan fingerprint density at radius 2 is 1.67 bits per heavy atom. The molecule has 2 rings (SSSR count). The monoisotopic (exact) mass is 290 g/mol. The van der Waals surface area contributed by atoms with E-state index in [-0.39, 0.29) is 6.04 Å². The van der Waals surface area contributed by atoms with E-state index in [0.29, 0.717) is 6.04 Å². The highest BCUT2D eigenvalue weighted by Crippen LogP contribution is 2.25. The first-order chi connectivity index (χ1) is 9.90. The second-order valence-electron chi connectivity index (χ2n) is 6.12. The van der Waals surface area contributed by atoms with Gasteiger partial charge < -0.3 is 5.11 Å². The summed E-state index contributed by atoms with van der Waals surface area (Å²) in [5, 5.41) is 9.09. The number of aliphatic carboxylic acids is 1. The van der Waals surface area contributed by atoms with Crippen LogP contribution in [0.25, 0.3) is 0 Å². The number of piperazine rings is 1. The van der Waals surface area contributed by atoms with Gasteiger partial charge in [-0.15, -0.1) is 0 Å². The van der Waals surface area contributed by atoms with E-state index in [1.165, 1.54) is 16.7 Å². The van der Waals surface area contributed by atoms with Gasteiger partial charge in [0.25, 0.3) is 0 Å². The first-order valence-corrected chi connectivity index (χ1v) is 7.68. The molecule has 1 aliphatic heterocycles. The predicted octanol–water partition coefficient (Wildman–Crippen LogP) is 2.46. The van der Waals surface area contributed by atoms with E-state index in [1.807, 2.05) is 4.90 Å². The Morgan fingerprint density at radius 3 is 2.19 bits per heavy atom.